The number of aryl methyl sites for hydroxylation is 1. The van der Waals surface area contributed by atoms with Gasteiger partial charge in [-0.2, -0.15) is 0 Å². The van der Waals surface area contributed by atoms with Crippen molar-refractivity contribution in [2.24, 2.45) is 0 Å². The highest BCUT2D eigenvalue weighted by molar-refractivity contribution is 9.10. The molecule has 2 N–H and O–H groups in total. The van der Waals surface area contributed by atoms with E-state index in [9.17, 15) is 4.79 Å². The maximum Gasteiger partial charge on any atom is 0.287 e. The van der Waals surface area contributed by atoms with Crippen molar-refractivity contribution in [3.63, 3.8) is 0 Å². The molecule has 0 spiro atoms. The largest absolute Gasteiger partial charge is 0.444 e. The molecular formula is C10H16BrClN2O2. The van der Waals surface area contributed by atoms with Crippen molar-refractivity contribution in [2.45, 2.75) is 19.9 Å². The number of carbonyl (C=O) groups excluding carboxylic acids is 1. The first-order valence-electron chi connectivity index (χ1n) is 4.76. The Bertz CT molecular complexity index is 355. The molecule has 1 aromatic rings. The van der Waals surface area contributed by atoms with Crippen LogP contribution in [0.5, 0.6) is 0 Å². The van der Waals surface area contributed by atoms with E-state index in [0.29, 0.717) is 17.0 Å². The van der Waals surface area contributed by atoms with Crippen LogP contribution in [0.15, 0.2) is 15.2 Å². The van der Waals surface area contributed by atoms with Gasteiger partial charge in [-0.1, -0.05) is 0 Å². The maximum absolute atomic E-state index is 11.6. The second kappa shape index (κ2) is 6.93. The van der Waals surface area contributed by atoms with E-state index in [4.69, 9.17) is 4.42 Å². The fourth-order valence-corrected chi connectivity index (χ4v) is 1.60. The molecule has 6 heteroatoms. The molecule has 1 amide bonds. The van der Waals surface area contributed by atoms with Gasteiger partial charge in [0.25, 0.3) is 5.91 Å². The summed E-state index contributed by atoms with van der Waals surface area (Å²) in [5.74, 6) is 0.186. The molecular weight excluding hydrogens is 295 g/mol. The van der Waals surface area contributed by atoms with E-state index < -0.39 is 0 Å². The Morgan fingerprint density at radius 1 is 1.62 bits per heavy atom. The van der Waals surface area contributed by atoms with E-state index in [2.05, 4.69) is 26.6 Å². The van der Waals surface area contributed by atoms with Crippen LogP contribution in [0.4, 0.5) is 0 Å². The van der Waals surface area contributed by atoms with Crippen LogP contribution in [-0.4, -0.2) is 25.5 Å². The summed E-state index contributed by atoms with van der Waals surface area (Å²) in [6, 6.07) is 2.02. The van der Waals surface area contributed by atoms with Crippen molar-refractivity contribution >= 4 is 34.2 Å². The standard InChI is InChI=1S/C10H15BrN2O2.ClH/c1-6-4-8(11)15-9(6)10(14)13-5-7(2)12-3;/h4,7,12H,5H2,1-3H3,(H,13,14);1H. The third-order valence-electron chi connectivity index (χ3n) is 2.16. The Balaban J connectivity index is 0.00000225. The lowest BCUT2D eigenvalue weighted by Crippen LogP contribution is -2.37. The van der Waals surface area contributed by atoms with Crippen LogP contribution >= 0.6 is 28.3 Å². The summed E-state index contributed by atoms with van der Waals surface area (Å²) in [4.78, 5) is 11.6. The molecule has 0 saturated carbocycles. The summed E-state index contributed by atoms with van der Waals surface area (Å²) in [5, 5.41) is 5.82. The number of nitrogens with one attached hydrogen (secondary N) is 2. The molecule has 0 fully saturated rings. The number of rotatable bonds is 4. The number of amides is 1. The lowest BCUT2D eigenvalue weighted by Gasteiger charge is -2.10. The summed E-state index contributed by atoms with van der Waals surface area (Å²) < 4.78 is 5.80. The zero-order valence-electron chi connectivity index (χ0n) is 9.46. The molecule has 1 aromatic heterocycles. The highest BCUT2D eigenvalue weighted by Gasteiger charge is 2.14. The molecule has 0 saturated heterocycles. The molecule has 1 atom stereocenters. The van der Waals surface area contributed by atoms with Gasteiger partial charge in [0.1, 0.15) is 0 Å². The first-order chi connectivity index (χ1) is 7.04. The van der Waals surface area contributed by atoms with Crippen LogP contribution in [0.2, 0.25) is 0 Å². The Hall–Kier alpha value is -0.520. The van der Waals surface area contributed by atoms with Crippen LogP contribution in [-0.2, 0) is 0 Å². The first kappa shape index (κ1) is 15.5. The molecule has 4 nitrogen and oxygen atoms in total. The average molecular weight is 312 g/mol. The maximum atomic E-state index is 11.6. The van der Waals surface area contributed by atoms with Gasteiger partial charge in [-0.25, -0.2) is 0 Å². The van der Waals surface area contributed by atoms with E-state index in [-0.39, 0.29) is 24.4 Å². The van der Waals surface area contributed by atoms with Gasteiger partial charge in [-0.3, -0.25) is 4.79 Å². The van der Waals surface area contributed by atoms with Crippen molar-refractivity contribution in [2.75, 3.05) is 13.6 Å². The van der Waals surface area contributed by atoms with Gasteiger partial charge in [-0.15, -0.1) is 12.4 Å². The van der Waals surface area contributed by atoms with Crippen LogP contribution < -0.4 is 10.6 Å². The summed E-state index contributed by atoms with van der Waals surface area (Å²) in [5.41, 5.74) is 0.830. The molecule has 1 rings (SSSR count). The predicted octanol–water partition coefficient (Wildman–Crippen LogP) is 2.11. The number of furan rings is 1. The zero-order chi connectivity index (χ0) is 11.4. The predicted molar refractivity (Wildman–Crippen MR) is 69.2 cm³/mol. The van der Waals surface area contributed by atoms with Crippen molar-refractivity contribution < 1.29 is 9.21 Å². The monoisotopic (exact) mass is 310 g/mol. The number of likely N-dealkylation sites (N-methyl/N-ethyl adjacent to an activating group) is 1. The fourth-order valence-electron chi connectivity index (χ4n) is 1.10. The Morgan fingerprint density at radius 3 is 2.69 bits per heavy atom. The Kier molecular flexibility index (Phi) is 6.71. The number of hydrogen-bond donors (Lipinski definition) is 2. The van der Waals surface area contributed by atoms with Crippen molar-refractivity contribution in [1.29, 1.82) is 0 Å². The fraction of sp³-hybridized carbons (Fsp3) is 0.500. The van der Waals surface area contributed by atoms with E-state index in [1.807, 2.05) is 20.9 Å². The lowest BCUT2D eigenvalue weighted by molar-refractivity contribution is 0.0920. The third kappa shape index (κ3) is 4.15. The minimum atomic E-state index is -0.180. The smallest absolute Gasteiger partial charge is 0.287 e. The summed E-state index contributed by atoms with van der Waals surface area (Å²) >= 11 is 3.19. The second-order valence-electron chi connectivity index (χ2n) is 3.46. The number of carbonyl (C=O) groups is 1. The van der Waals surface area contributed by atoms with E-state index in [1.165, 1.54) is 0 Å². The van der Waals surface area contributed by atoms with Gasteiger partial charge in [0.15, 0.2) is 10.4 Å². The summed E-state index contributed by atoms with van der Waals surface area (Å²) in [6.45, 7) is 4.41. The van der Waals surface area contributed by atoms with Gasteiger partial charge in [0.05, 0.1) is 0 Å². The van der Waals surface area contributed by atoms with Crippen LogP contribution in [0.25, 0.3) is 0 Å². The van der Waals surface area contributed by atoms with Gasteiger partial charge in [0.2, 0.25) is 0 Å². The Morgan fingerprint density at radius 2 is 2.25 bits per heavy atom. The molecule has 0 aliphatic rings. The van der Waals surface area contributed by atoms with Gasteiger partial charge < -0.3 is 15.1 Å². The van der Waals surface area contributed by atoms with Crippen molar-refractivity contribution in [3.8, 4) is 0 Å². The van der Waals surface area contributed by atoms with Crippen LogP contribution in [0.3, 0.4) is 0 Å². The van der Waals surface area contributed by atoms with E-state index in [1.54, 1.807) is 6.07 Å². The number of halogens is 2. The zero-order valence-corrected chi connectivity index (χ0v) is 11.9. The molecule has 0 aromatic carbocycles. The van der Waals surface area contributed by atoms with Gasteiger partial charge >= 0.3 is 0 Å². The van der Waals surface area contributed by atoms with Gasteiger partial charge in [0, 0.05) is 18.2 Å². The van der Waals surface area contributed by atoms with Crippen molar-refractivity contribution in [3.05, 3.63) is 22.1 Å². The van der Waals surface area contributed by atoms with E-state index in [0.717, 1.165) is 5.56 Å². The quantitative estimate of drug-likeness (QED) is 0.895. The SMILES string of the molecule is CNC(C)CNC(=O)c1oc(Br)cc1C.Cl. The summed E-state index contributed by atoms with van der Waals surface area (Å²) in [6.07, 6.45) is 0. The van der Waals surface area contributed by atoms with Crippen molar-refractivity contribution in [1.82, 2.24) is 10.6 Å². The van der Waals surface area contributed by atoms with Crippen LogP contribution in [0.1, 0.15) is 23.0 Å². The van der Waals surface area contributed by atoms with Crippen LogP contribution in [0, 0.1) is 6.92 Å². The molecule has 0 radical (unpaired) electrons. The minimum Gasteiger partial charge on any atom is -0.444 e. The molecule has 1 heterocycles. The van der Waals surface area contributed by atoms with E-state index >= 15 is 0 Å². The normalized spacial score (nSPS) is 11.8. The summed E-state index contributed by atoms with van der Waals surface area (Å²) in [7, 11) is 1.85. The molecule has 16 heavy (non-hydrogen) atoms. The van der Waals surface area contributed by atoms with Gasteiger partial charge in [-0.05, 0) is 42.9 Å². The number of hydrogen-bond acceptors (Lipinski definition) is 3. The topological polar surface area (TPSA) is 54.3 Å². The average Bonchev–Trinajstić information content (AvgIpc) is 2.53. The Labute approximate surface area is 110 Å². The highest BCUT2D eigenvalue weighted by Crippen LogP contribution is 2.19. The molecule has 0 aliphatic carbocycles. The third-order valence-corrected chi connectivity index (χ3v) is 2.55. The molecule has 92 valence electrons. The second-order valence-corrected chi connectivity index (χ2v) is 4.24. The molecule has 1 unspecified atom stereocenters. The lowest BCUT2D eigenvalue weighted by atomic mass is 10.2. The first-order valence-corrected chi connectivity index (χ1v) is 5.55. The highest BCUT2D eigenvalue weighted by atomic mass is 79.9. The minimum absolute atomic E-state index is 0. The molecule has 0 bridgehead atoms. The molecule has 0 aliphatic heterocycles.